The van der Waals surface area contributed by atoms with Gasteiger partial charge in [0.2, 0.25) is 0 Å². The lowest BCUT2D eigenvalue weighted by Gasteiger charge is -2.29. The summed E-state index contributed by atoms with van der Waals surface area (Å²) in [5.74, 6) is -0.551. The number of ether oxygens (including phenoxy) is 2. The molecule has 190 valence electrons. The second-order valence-electron chi connectivity index (χ2n) is 8.16. The molecule has 0 saturated carbocycles. The van der Waals surface area contributed by atoms with E-state index in [0.717, 1.165) is 17.5 Å². The number of hydrogen-bond acceptors (Lipinski definition) is 5. The molecule has 1 saturated heterocycles. The molecule has 2 amide bonds. The molecule has 0 atom stereocenters. The number of carbonyl (C=O) groups excluding carboxylic acids is 2. The first-order valence-corrected chi connectivity index (χ1v) is 12.8. The van der Waals surface area contributed by atoms with E-state index in [1.807, 2.05) is 26.0 Å². The van der Waals surface area contributed by atoms with Crippen LogP contribution in [0.3, 0.4) is 0 Å². The molecular formula is C28H24BrFN2O4S. The Labute approximate surface area is 228 Å². The second kappa shape index (κ2) is 11.7. The van der Waals surface area contributed by atoms with E-state index in [-0.39, 0.29) is 23.1 Å². The first-order chi connectivity index (χ1) is 17.8. The quantitative estimate of drug-likeness (QED) is 0.202. The zero-order chi connectivity index (χ0) is 26.5. The Morgan fingerprint density at radius 2 is 1.68 bits per heavy atom. The molecule has 3 aromatic carbocycles. The Hall–Kier alpha value is -3.56. The summed E-state index contributed by atoms with van der Waals surface area (Å²) in [6.07, 6.45) is 2.35. The van der Waals surface area contributed by atoms with Crippen LogP contribution < -0.4 is 19.7 Å². The van der Waals surface area contributed by atoms with Crippen LogP contribution >= 0.6 is 28.1 Å². The fourth-order valence-corrected chi connectivity index (χ4v) is 4.60. The Morgan fingerprint density at radius 1 is 1.00 bits per heavy atom. The van der Waals surface area contributed by atoms with Gasteiger partial charge < -0.3 is 9.47 Å². The van der Waals surface area contributed by atoms with Crippen molar-refractivity contribution >= 4 is 56.8 Å². The molecule has 0 radical (unpaired) electrons. The lowest BCUT2D eigenvalue weighted by atomic mass is 10.1. The number of nitrogens with one attached hydrogen (secondary N) is 1. The van der Waals surface area contributed by atoms with Crippen molar-refractivity contribution in [1.29, 1.82) is 0 Å². The second-order valence-corrected chi connectivity index (χ2v) is 9.40. The van der Waals surface area contributed by atoms with Crippen LogP contribution in [0.15, 0.2) is 70.7 Å². The molecule has 0 spiro atoms. The molecule has 9 heteroatoms. The Morgan fingerprint density at radius 3 is 2.32 bits per heavy atom. The van der Waals surface area contributed by atoms with Gasteiger partial charge in [-0.25, -0.2) is 4.39 Å². The minimum atomic E-state index is -0.581. The van der Waals surface area contributed by atoms with Crippen molar-refractivity contribution in [2.75, 3.05) is 11.5 Å². The highest BCUT2D eigenvalue weighted by Gasteiger charge is 2.34. The summed E-state index contributed by atoms with van der Waals surface area (Å²) in [4.78, 5) is 27.4. The lowest BCUT2D eigenvalue weighted by molar-refractivity contribution is -0.122. The standard InChI is InChI=1S/C28H24BrFN2O4S/c1-3-17-7-11-21(12-8-17)32-27(34)22(26(33)31-28(32)37)13-19-14-23(29)25(24(15-19)35-4-2)36-16-18-5-9-20(30)10-6-18/h5-15H,3-4,16H2,1-2H3,(H,31,33,37)/b22-13+. The number of carbonyl (C=O) groups is 2. The third-order valence-electron chi connectivity index (χ3n) is 5.64. The number of thiocarbonyl (C=S) groups is 1. The molecule has 37 heavy (non-hydrogen) atoms. The van der Waals surface area contributed by atoms with Gasteiger partial charge >= 0.3 is 0 Å². The number of benzene rings is 3. The lowest BCUT2D eigenvalue weighted by Crippen LogP contribution is -2.54. The molecule has 0 aliphatic carbocycles. The van der Waals surface area contributed by atoms with Gasteiger partial charge in [-0.15, -0.1) is 0 Å². The van der Waals surface area contributed by atoms with Crippen molar-refractivity contribution in [3.8, 4) is 11.5 Å². The van der Waals surface area contributed by atoms with Gasteiger partial charge in [-0.05, 0) is 101 Å². The maximum Gasteiger partial charge on any atom is 0.270 e. The van der Waals surface area contributed by atoms with E-state index in [1.54, 1.807) is 36.4 Å². The predicted molar refractivity (Wildman–Crippen MR) is 148 cm³/mol. The van der Waals surface area contributed by atoms with Crippen LogP contribution in [-0.2, 0) is 22.6 Å². The summed E-state index contributed by atoms with van der Waals surface area (Å²) in [6, 6.07) is 16.9. The predicted octanol–water partition coefficient (Wildman–Crippen LogP) is 5.96. The number of aryl methyl sites for hydroxylation is 1. The van der Waals surface area contributed by atoms with Crippen LogP contribution in [-0.4, -0.2) is 23.5 Å². The molecule has 3 aromatic rings. The van der Waals surface area contributed by atoms with Crippen LogP contribution in [0.4, 0.5) is 10.1 Å². The number of hydrogen-bond donors (Lipinski definition) is 1. The molecule has 1 aliphatic rings. The molecule has 1 aliphatic heterocycles. The monoisotopic (exact) mass is 582 g/mol. The van der Waals surface area contributed by atoms with Crippen molar-refractivity contribution in [1.82, 2.24) is 5.32 Å². The van der Waals surface area contributed by atoms with Gasteiger partial charge in [0, 0.05) is 0 Å². The minimum absolute atomic E-state index is 0.0251. The molecule has 6 nitrogen and oxygen atoms in total. The van der Waals surface area contributed by atoms with Crippen molar-refractivity contribution in [3.63, 3.8) is 0 Å². The largest absolute Gasteiger partial charge is 0.490 e. The zero-order valence-electron chi connectivity index (χ0n) is 20.2. The smallest absolute Gasteiger partial charge is 0.270 e. The Bertz CT molecular complexity index is 1370. The normalized spacial score (nSPS) is 14.6. The Kier molecular flexibility index (Phi) is 8.35. The van der Waals surface area contributed by atoms with Gasteiger partial charge in [-0.2, -0.15) is 0 Å². The molecule has 1 N–H and O–H groups in total. The van der Waals surface area contributed by atoms with E-state index >= 15 is 0 Å². The van der Waals surface area contributed by atoms with Crippen LogP contribution in [0, 0.1) is 5.82 Å². The van der Waals surface area contributed by atoms with Gasteiger partial charge in [-0.1, -0.05) is 31.2 Å². The maximum absolute atomic E-state index is 13.4. The van der Waals surface area contributed by atoms with E-state index < -0.39 is 11.8 Å². The molecule has 0 unspecified atom stereocenters. The average Bonchev–Trinajstić information content (AvgIpc) is 2.87. The zero-order valence-corrected chi connectivity index (χ0v) is 22.6. The number of anilines is 1. The van der Waals surface area contributed by atoms with Crippen molar-refractivity contribution in [3.05, 3.63) is 93.2 Å². The van der Waals surface area contributed by atoms with E-state index in [1.165, 1.54) is 23.1 Å². The highest BCUT2D eigenvalue weighted by atomic mass is 79.9. The summed E-state index contributed by atoms with van der Waals surface area (Å²) in [5, 5.41) is 2.63. The van der Waals surface area contributed by atoms with Gasteiger partial charge in [-0.3, -0.25) is 19.8 Å². The third kappa shape index (κ3) is 6.06. The van der Waals surface area contributed by atoms with Gasteiger partial charge in [0.1, 0.15) is 18.0 Å². The van der Waals surface area contributed by atoms with Crippen molar-refractivity contribution < 1.29 is 23.5 Å². The average molecular weight is 583 g/mol. The first-order valence-electron chi connectivity index (χ1n) is 11.6. The highest BCUT2D eigenvalue weighted by molar-refractivity contribution is 9.10. The molecular weight excluding hydrogens is 559 g/mol. The first kappa shape index (κ1) is 26.5. The highest BCUT2D eigenvalue weighted by Crippen LogP contribution is 2.38. The topological polar surface area (TPSA) is 67.9 Å². The van der Waals surface area contributed by atoms with Gasteiger partial charge in [0.25, 0.3) is 11.8 Å². The fourth-order valence-electron chi connectivity index (χ4n) is 3.75. The van der Waals surface area contributed by atoms with Gasteiger partial charge in [0.15, 0.2) is 16.6 Å². The summed E-state index contributed by atoms with van der Waals surface area (Å²) in [7, 11) is 0. The van der Waals surface area contributed by atoms with E-state index in [9.17, 15) is 14.0 Å². The minimum Gasteiger partial charge on any atom is -0.490 e. The van der Waals surface area contributed by atoms with Crippen LogP contribution in [0.2, 0.25) is 0 Å². The Balaban J connectivity index is 1.64. The third-order valence-corrected chi connectivity index (χ3v) is 6.52. The number of nitrogens with zero attached hydrogens (tertiary/aromatic N) is 1. The SMILES string of the molecule is CCOc1cc(/C=C2\C(=O)NC(=S)N(c3ccc(CC)cc3)C2=O)cc(Br)c1OCc1ccc(F)cc1. The molecule has 1 heterocycles. The van der Waals surface area contributed by atoms with Gasteiger partial charge in [0.05, 0.1) is 16.8 Å². The summed E-state index contributed by atoms with van der Waals surface area (Å²) in [5.41, 5.74) is 2.96. The van der Waals surface area contributed by atoms with E-state index in [0.29, 0.717) is 33.8 Å². The number of halogens is 2. The summed E-state index contributed by atoms with van der Waals surface area (Å²) in [6.45, 7) is 4.45. The van der Waals surface area contributed by atoms with Crippen LogP contribution in [0.25, 0.3) is 6.08 Å². The van der Waals surface area contributed by atoms with E-state index in [2.05, 4.69) is 21.2 Å². The van der Waals surface area contributed by atoms with E-state index in [4.69, 9.17) is 21.7 Å². The summed E-state index contributed by atoms with van der Waals surface area (Å²) >= 11 is 8.80. The van der Waals surface area contributed by atoms with Crippen molar-refractivity contribution in [2.45, 2.75) is 26.9 Å². The molecule has 0 aromatic heterocycles. The van der Waals surface area contributed by atoms with Crippen LogP contribution in [0.1, 0.15) is 30.5 Å². The maximum atomic E-state index is 13.4. The number of amides is 2. The molecule has 0 bridgehead atoms. The number of rotatable bonds is 8. The molecule has 1 fully saturated rings. The van der Waals surface area contributed by atoms with Crippen LogP contribution in [0.5, 0.6) is 11.5 Å². The summed E-state index contributed by atoms with van der Waals surface area (Å²) < 4.78 is 25.5. The van der Waals surface area contributed by atoms with Crippen molar-refractivity contribution in [2.24, 2.45) is 0 Å². The fraction of sp³-hybridized carbons (Fsp3) is 0.179. The molecule has 4 rings (SSSR count).